The zero-order valence-corrected chi connectivity index (χ0v) is 31.1. The van der Waals surface area contributed by atoms with Gasteiger partial charge in [-0.15, -0.1) is 0 Å². The quantitative estimate of drug-likeness (QED) is 0.0783. The smallest absolute Gasteiger partial charge is 0.262 e. The van der Waals surface area contributed by atoms with Crippen molar-refractivity contribution in [3.8, 4) is 11.5 Å². The summed E-state index contributed by atoms with van der Waals surface area (Å²) in [6.07, 6.45) is 8.67. The molecule has 3 aliphatic rings. The summed E-state index contributed by atoms with van der Waals surface area (Å²) in [4.78, 5) is 56.0. The molecule has 4 amide bonds. The first-order valence-corrected chi connectivity index (χ1v) is 19.4. The zero-order chi connectivity index (χ0) is 38.1. The molecule has 0 saturated carbocycles. The molecular weight excluding hydrogens is 693 g/mol. The first-order valence-electron chi connectivity index (χ1n) is 19.4. The molecule has 0 spiro atoms. The van der Waals surface area contributed by atoms with E-state index < -0.39 is 23.8 Å². The number of unbranched alkanes of at least 4 members (excludes halogenated alkanes) is 3. The number of ether oxygens (including phenoxy) is 1. The van der Waals surface area contributed by atoms with E-state index in [2.05, 4.69) is 57.6 Å². The lowest BCUT2D eigenvalue weighted by atomic mass is 9.96. The van der Waals surface area contributed by atoms with Gasteiger partial charge in [0.1, 0.15) is 17.5 Å². The monoisotopic (exact) mass is 740 g/mol. The van der Waals surface area contributed by atoms with Crippen molar-refractivity contribution >= 4 is 41.0 Å². The fraction of sp³-hybridized carbons (Fsp3) is 0.333. The predicted molar refractivity (Wildman–Crippen MR) is 213 cm³/mol. The van der Waals surface area contributed by atoms with E-state index in [1.807, 2.05) is 36.4 Å². The lowest BCUT2D eigenvalue weighted by Gasteiger charge is -2.36. The predicted octanol–water partition coefficient (Wildman–Crippen LogP) is 6.73. The highest BCUT2D eigenvalue weighted by Gasteiger charge is 2.44. The van der Waals surface area contributed by atoms with E-state index in [-0.39, 0.29) is 24.5 Å². The molecule has 55 heavy (non-hydrogen) atoms. The molecule has 7 rings (SSSR count). The Balaban J connectivity index is 0.803. The molecule has 0 bridgehead atoms. The molecule has 284 valence electrons. The number of rotatable bonds is 15. The van der Waals surface area contributed by atoms with Gasteiger partial charge in [0.15, 0.2) is 0 Å². The Morgan fingerprint density at radius 3 is 2.25 bits per heavy atom. The minimum atomic E-state index is -0.958. The van der Waals surface area contributed by atoms with Gasteiger partial charge in [-0.2, -0.15) is 0 Å². The highest BCUT2D eigenvalue weighted by atomic mass is 16.5. The summed E-state index contributed by atoms with van der Waals surface area (Å²) >= 11 is 0. The third-order valence-electron chi connectivity index (χ3n) is 10.8. The van der Waals surface area contributed by atoms with Crippen molar-refractivity contribution in [1.82, 2.24) is 15.1 Å². The minimum absolute atomic E-state index is 0.102. The Bertz CT molecular complexity index is 2020. The molecule has 0 radical (unpaired) electrons. The number of carbonyl (C=O) groups excluding carboxylic acids is 4. The highest BCUT2D eigenvalue weighted by Crippen LogP contribution is 2.31. The van der Waals surface area contributed by atoms with Gasteiger partial charge in [0, 0.05) is 38.3 Å². The van der Waals surface area contributed by atoms with Crippen LogP contribution in [0.15, 0.2) is 97.1 Å². The molecule has 2 N–H and O–H groups in total. The molecular formula is C45H48N4O6. The zero-order valence-electron chi connectivity index (χ0n) is 31.1. The molecule has 2 fully saturated rings. The lowest BCUT2D eigenvalue weighted by Crippen LogP contribution is -2.54. The second kappa shape index (κ2) is 17.6. The third-order valence-corrected chi connectivity index (χ3v) is 10.8. The van der Waals surface area contributed by atoms with Crippen LogP contribution >= 0.6 is 0 Å². The molecule has 4 aromatic carbocycles. The Hall–Kier alpha value is -5.74. The van der Waals surface area contributed by atoms with Gasteiger partial charge in [0.2, 0.25) is 11.8 Å². The van der Waals surface area contributed by atoms with E-state index in [4.69, 9.17) is 4.74 Å². The van der Waals surface area contributed by atoms with Gasteiger partial charge in [0.25, 0.3) is 11.8 Å². The van der Waals surface area contributed by atoms with Crippen LogP contribution in [0.25, 0.3) is 11.6 Å². The van der Waals surface area contributed by atoms with Gasteiger partial charge in [-0.3, -0.25) is 34.3 Å². The van der Waals surface area contributed by atoms with E-state index in [9.17, 15) is 24.3 Å². The molecule has 0 aliphatic carbocycles. The van der Waals surface area contributed by atoms with Crippen LogP contribution < -0.4 is 15.0 Å². The number of fused-ring (bicyclic) bond motifs is 1. The molecule has 1 unspecified atom stereocenters. The molecule has 3 aliphatic heterocycles. The number of nitrogens with one attached hydrogen (secondary N) is 1. The SMILES string of the molecule is O=C1CCC(N2C(=O)c3ccc(N4CCN(CCCCCCOc5ccc(/C=C(/CCc6ccc(O)cc6)c6ccccc6)cc5)CC4)cc3C2=O)C(=O)N1. The normalized spacial score (nSPS) is 17.7. The Morgan fingerprint density at radius 1 is 0.782 bits per heavy atom. The number of imide groups is 2. The van der Waals surface area contributed by atoms with Crippen LogP contribution in [0.2, 0.25) is 0 Å². The van der Waals surface area contributed by atoms with E-state index in [1.165, 1.54) is 16.7 Å². The van der Waals surface area contributed by atoms with Crippen LogP contribution in [0.3, 0.4) is 0 Å². The molecule has 10 heteroatoms. The van der Waals surface area contributed by atoms with Crippen LogP contribution in [0.1, 0.15) is 82.4 Å². The number of hydrogen-bond donors (Lipinski definition) is 2. The number of piperidine rings is 1. The first-order chi connectivity index (χ1) is 26.8. The first kappa shape index (κ1) is 37.6. The molecule has 1 atom stereocenters. The van der Waals surface area contributed by atoms with E-state index in [1.54, 1.807) is 24.3 Å². The number of hydrogen-bond acceptors (Lipinski definition) is 8. The number of benzene rings is 4. The van der Waals surface area contributed by atoms with E-state index in [0.717, 1.165) is 93.1 Å². The number of carbonyl (C=O) groups is 4. The summed E-state index contributed by atoms with van der Waals surface area (Å²) in [5.41, 5.74) is 6.32. The van der Waals surface area contributed by atoms with Crippen molar-refractivity contribution in [2.45, 2.75) is 57.4 Å². The van der Waals surface area contributed by atoms with Gasteiger partial charge in [-0.25, -0.2) is 0 Å². The maximum absolute atomic E-state index is 13.2. The van der Waals surface area contributed by atoms with Crippen LogP contribution in [0.4, 0.5) is 5.69 Å². The largest absolute Gasteiger partial charge is 0.508 e. The maximum Gasteiger partial charge on any atom is 0.262 e. The van der Waals surface area contributed by atoms with Crippen LogP contribution in [-0.4, -0.2) is 83.9 Å². The number of phenolic OH excluding ortho intramolecular Hbond substituents is 1. The Morgan fingerprint density at radius 2 is 1.51 bits per heavy atom. The number of amides is 4. The molecule has 4 aromatic rings. The van der Waals surface area contributed by atoms with Crippen molar-refractivity contribution in [1.29, 1.82) is 0 Å². The number of allylic oxidation sites excluding steroid dienone is 1. The van der Waals surface area contributed by atoms with E-state index in [0.29, 0.717) is 17.7 Å². The number of phenols is 1. The van der Waals surface area contributed by atoms with Crippen LogP contribution in [0, 0.1) is 0 Å². The Labute approximate surface area is 322 Å². The van der Waals surface area contributed by atoms with Crippen molar-refractivity contribution in [2.24, 2.45) is 0 Å². The number of aromatic hydroxyl groups is 1. The number of anilines is 1. The van der Waals surface area contributed by atoms with Crippen LogP contribution in [0.5, 0.6) is 11.5 Å². The molecule has 0 aromatic heterocycles. The molecule has 10 nitrogen and oxygen atoms in total. The summed E-state index contributed by atoms with van der Waals surface area (Å²) < 4.78 is 6.07. The van der Waals surface area contributed by atoms with Gasteiger partial charge in [-0.1, -0.05) is 73.5 Å². The summed E-state index contributed by atoms with van der Waals surface area (Å²) in [6.45, 7) is 5.23. The third kappa shape index (κ3) is 9.32. The summed E-state index contributed by atoms with van der Waals surface area (Å²) in [5, 5.41) is 11.9. The van der Waals surface area contributed by atoms with E-state index >= 15 is 0 Å². The molecule has 3 heterocycles. The summed E-state index contributed by atoms with van der Waals surface area (Å²) in [6, 6.07) is 30.6. The van der Waals surface area contributed by atoms with Crippen LogP contribution in [-0.2, 0) is 16.0 Å². The number of nitrogens with zero attached hydrogens (tertiary/aromatic N) is 3. The Kier molecular flexibility index (Phi) is 12.0. The lowest BCUT2D eigenvalue weighted by molar-refractivity contribution is -0.136. The topological polar surface area (TPSA) is 119 Å². The molecule has 2 saturated heterocycles. The maximum atomic E-state index is 13.2. The van der Waals surface area contributed by atoms with Gasteiger partial charge in [0.05, 0.1) is 17.7 Å². The van der Waals surface area contributed by atoms with Gasteiger partial charge in [-0.05, 0) is 103 Å². The average Bonchev–Trinajstić information content (AvgIpc) is 3.45. The van der Waals surface area contributed by atoms with Crippen molar-refractivity contribution in [3.63, 3.8) is 0 Å². The van der Waals surface area contributed by atoms with Crippen molar-refractivity contribution in [3.05, 3.63) is 125 Å². The second-order valence-corrected chi connectivity index (χ2v) is 14.5. The van der Waals surface area contributed by atoms with Gasteiger partial charge >= 0.3 is 0 Å². The number of aryl methyl sites for hydroxylation is 1. The minimum Gasteiger partial charge on any atom is -0.508 e. The summed E-state index contributed by atoms with van der Waals surface area (Å²) in [7, 11) is 0. The standard InChI is InChI=1S/C45H48N4O6/c50-37-17-11-32(12-18-37)10-15-35(34-8-4-3-5-9-34)30-33-13-19-38(20-14-33)55-29-7-2-1-6-24-47-25-27-48(28-26-47)36-16-21-39-40(31-36)45(54)49(44(39)53)41-22-23-42(51)46-43(41)52/h3-5,8-9,11-14,16-21,30-31,41,50H,1-2,6-7,10,15,22-29H2,(H,46,51,52)/b35-30-. The fourth-order valence-electron chi connectivity index (χ4n) is 7.62. The highest BCUT2D eigenvalue weighted by molar-refractivity contribution is 6.23. The fourth-order valence-corrected chi connectivity index (χ4v) is 7.62. The van der Waals surface area contributed by atoms with Crippen molar-refractivity contribution in [2.75, 3.05) is 44.2 Å². The summed E-state index contributed by atoms with van der Waals surface area (Å²) in [5.74, 6) is -0.768. The second-order valence-electron chi connectivity index (χ2n) is 14.5. The average molecular weight is 741 g/mol. The van der Waals surface area contributed by atoms with Crippen molar-refractivity contribution < 1.29 is 29.0 Å². The van der Waals surface area contributed by atoms with Gasteiger partial charge < -0.3 is 14.7 Å². The number of piperazine rings is 1.